The summed E-state index contributed by atoms with van der Waals surface area (Å²) >= 11 is 1.67. The molecule has 1 N–H and O–H groups in total. The first-order chi connectivity index (χ1) is 14.4. The number of phenolic OH excluding ortho intramolecular Hbond substituents is 1. The lowest BCUT2D eigenvalue weighted by molar-refractivity contribution is 0.0195. The van der Waals surface area contributed by atoms with Crippen molar-refractivity contribution in [1.82, 2.24) is 9.80 Å². The molecule has 2 heterocycles. The lowest BCUT2D eigenvalue weighted by Gasteiger charge is -2.47. The van der Waals surface area contributed by atoms with Gasteiger partial charge in [0.2, 0.25) is 0 Å². The zero-order valence-corrected chi connectivity index (χ0v) is 17.9. The van der Waals surface area contributed by atoms with Gasteiger partial charge in [-0.2, -0.15) is 11.3 Å². The molecule has 1 unspecified atom stereocenters. The summed E-state index contributed by atoms with van der Waals surface area (Å²) in [7, 11) is 0. The maximum atomic E-state index is 13.6. The lowest BCUT2D eigenvalue weighted by atomic mass is 9.95. The Bertz CT molecular complexity index is 995. The summed E-state index contributed by atoms with van der Waals surface area (Å²) in [5.74, 6) is -1.34. The van der Waals surface area contributed by atoms with Crippen LogP contribution in [0.2, 0.25) is 0 Å². The minimum atomic E-state index is -0.810. The highest BCUT2D eigenvalue weighted by Gasteiger charge is 2.35. The van der Waals surface area contributed by atoms with Crippen LogP contribution in [0.5, 0.6) is 5.75 Å². The molecule has 0 bridgehead atoms. The second-order valence-corrected chi connectivity index (χ2v) is 8.91. The molecule has 0 saturated carbocycles. The molecule has 3 nitrogen and oxygen atoms in total. The number of benzene rings is 2. The minimum absolute atomic E-state index is 0.0613. The predicted molar refractivity (Wildman–Crippen MR) is 117 cm³/mol. The number of thiophene rings is 1. The Morgan fingerprint density at radius 1 is 1.00 bits per heavy atom. The maximum absolute atomic E-state index is 13.6. The van der Waals surface area contributed by atoms with Gasteiger partial charge in [0.15, 0.2) is 11.6 Å². The van der Waals surface area contributed by atoms with Crippen LogP contribution in [0.15, 0.2) is 59.3 Å². The van der Waals surface area contributed by atoms with Crippen LogP contribution in [0.3, 0.4) is 0 Å². The predicted octanol–water partition coefficient (Wildman–Crippen LogP) is 5.42. The molecule has 3 atom stereocenters. The summed E-state index contributed by atoms with van der Waals surface area (Å²) in [5.41, 5.74) is 3.07. The third-order valence-electron chi connectivity index (χ3n) is 5.91. The van der Waals surface area contributed by atoms with Gasteiger partial charge in [-0.3, -0.25) is 9.80 Å². The topological polar surface area (TPSA) is 26.7 Å². The number of aromatic hydroxyl groups is 1. The molecule has 0 radical (unpaired) electrons. The highest BCUT2D eigenvalue weighted by molar-refractivity contribution is 7.08. The van der Waals surface area contributed by atoms with Gasteiger partial charge in [0, 0.05) is 31.7 Å². The van der Waals surface area contributed by atoms with Gasteiger partial charge in [-0.05, 0) is 71.6 Å². The molecule has 1 fully saturated rings. The quantitative estimate of drug-likeness (QED) is 0.588. The zero-order chi connectivity index (χ0) is 21.3. The molecule has 4 rings (SSSR count). The molecule has 1 saturated heterocycles. The van der Waals surface area contributed by atoms with E-state index in [0.717, 1.165) is 24.2 Å². The van der Waals surface area contributed by atoms with E-state index in [1.165, 1.54) is 17.7 Å². The smallest absolute Gasteiger partial charge is 0.159 e. The Morgan fingerprint density at radius 2 is 1.83 bits per heavy atom. The molecule has 0 aliphatic carbocycles. The number of hydrogen-bond donors (Lipinski definition) is 1. The van der Waals surface area contributed by atoms with E-state index in [2.05, 4.69) is 46.5 Å². The van der Waals surface area contributed by atoms with Crippen LogP contribution in [0.25, 0.3) is 0 Å². The number of nitrogens with zero attached hydrogens (tertiary/aromatic N) is 2. The molecule has 1 aliphatic heterocycles. The van der Waals surface area contributed by atoms with Crippen LogP contribution < -0.4 is 0 Å². The Hall–Kier alpha value is -2.28. The fraction of sp³-hybridized carbons (Fsp3) is 0.333. The maximum Gasteiger partial charge on any atom is 0.159 e. The first kappa shape index (κ1) is 21.0. The van der Waals surface area contributed by atoms with Crippen molar-refractivity contribution in [3.63, 3.8) is 0 Å². The molecule has 1 aliphatic rings. The first-order valence-corrected chi connectivity index (χ1v) is 11.1. The van der Waals surface area contributed by atoms with Crippen molar-refractivity contribution >= 4 is 11.3 Å². The van der Waals surface area contributed by atoms with Gasteiger partial charge >= 0.3 is 0 Å². The number of rotatable bonds is 5. The van der Waals surface area contributed by atoms with E-state index in [4.69, 9.17) is 0 Å². The van der Waals surface area contributed by atoms with E-state index in [-0.39, 0.29) is 23.9 Å². The number of halogens is 2. The Kier molecular flexibility index (Phi) is 6.18. The number of phenols is 1. The highest BCUT2D eigenvalue weighted by atomic mass is 32.1. The second kappa shape index (κ2) is 8.84. The third kappa shape index (κ3) is 4.41. The summed E-state index contributed by atoms with van der Waals surface area (Å²) < 4.78 is 26.9. The van der Waals surface area contributed by atoms with E-state index >= 15 is 0 Å². The van der Waals surface area contributed by atoms with Gasteiger partial charge in [-0.1, -0.05) is 18.2 Å². The number of piperazine rings is 1. The van der Waals surface area contributed by atoms with E-state index in [1.54, 1.807) is 23.5 Å². The van der Waals surface area contributed by atoms with Crippen molar-refractivity contribution in [2.24, 2.45) is 0 Å². The van der Waals surface area contributed by atoms with Crippen LogP contribution in [-0.2, 0) is 6.54 Å². The number of hydrogen-bond acceptors (Lipinski definition) is 4. The summed E-state index contributed by atoms with van der Waals surface area (Å²) in [4.78, 5) is 4.80. The van der Waals surface area contributed by atoms with Gasteiger partial charge < -0.3 is 5.11 Å². The largest absolute Gasteiger partial charge is 0.508 e. The first-order valence-electron chi connectivity index (χ1n) is 10.2. The lowest BCUT2D eigenvalue weighted by Crippen LogP contribution is -2.56. The average Bonchev–Trinajstić information content (AvgIpc) is 3.23. The van der Waals surface area contributed by atoms with E-state index in [1.807, 2.05) is 12.1 Å². The molecule has 158 valence electrons. The van der Waals surface area contributed by atoms with Crippen molar-refractivity contribution < 1.29 is 13.9 Å². The standard InChI is InChI=1S/C24H26F2N2OS/c1-16-13-28(17(2)12-27(16)14-18-6-7-22(25)23(26)10-18)24(20-8-9-30-15-20)19-4-3-5-21(29)11-19/h3-11,15-17,24,29H,12-14H2,1-2H3/t16-,17+,24?/m1/s1. The average molecular weight is 429 g/mol. The Morgan fingerprint density at radius 3 is 2.53 bits per heavy atom. The van der Waals surface area contributed by atoms with Crippen molar-refractivity contribution in [1.29, 1.82) is 0 Å². The zero-order valence-electron chi connectivity index (χ0n) is 17.1. The second-order valence-electron chi connectivity index (χ2n) is 8.13. The van der Waals surface area contributed by atoms with Crippen LogP contribution in [-0.4, -0.2) is 40.1 Å². The van der Waals surface area contributed by atoms with Crippen LogP contribution in [0.1, 0.15) is 36.6 Å². The summed E-state index contributed by atoms with van der Waals surface area (Å²) in [6.07, 6.45) is 0. The molecule has 2 aromatic carbocycles. The summed E-state index contributed by atoms with van der Waals surface area (Å²) in [5, 5.41) is 14.3. The molecule has 0 spiro atoms. The molecule has 30 heavy (non-hydrogen) atoms. The normalized spacial score (nSPS) is 21.6. The molecular weight excluding hydrogens is 402 g/mol. The van der Waals surface area contributed by atoms with Gasteiger partial charge in [0.25, 0.3) is 0 Å². The van der Waals surface area contributed by atoms with Gasteiger partial charge in [-0.15, -0.1) is 0 Å². The van der Waals surface area contributed by atoms with Crippen LogP contribution >= 0.6 is 11.3 Å². The fourth-order valence-corrected chi connectivity index (χ4v) is 5.06. The molecular formula is C24H26F2N2OS. The Labute approximate surface area is 180 Å². The van der Waals surface area contributed by atoms with E-state index in [0.29, 0.717) is 6.54 Å². The summed E-state index contributed by atoms with van der Waals surface area (Å²) in [6, 6.07) is 14.3. The van der Waals surface area contributed by atoms with Crippen molar-refractivity contribution in [3.05, 3.63) is 87.6 Å². The van der Waals surface area contributed by atoms with Crippen LogP contribution in [0, 0.1) is 11.6 Å². The van der Waals surface area contributed by atoms with Gasteiger partial charge in [-0.25, -0.2) is 8.78 Å². The van der Waals surface area contributed by atoms with Crippen LogP contribution in [0.4, 0.5) is 8.78 Å². The highest BCUT2D eigenvalue weighted by Crippen LogP contribution is 2.35. The third-order valence-corrected chi connectivity index (χ3v) is 6.61. The SMILES string of the molecule is C[C@@H]1CN(C(c2ccsc2)c2cccc(O)c2)[C@@H](C)CN1Cc1ccc(F)c(F)c1. The van der Waals surface area contributed by atoms with Crippen molar-refractivity contribution in [2.75, 3.05) is 13.1 Å². The summed E-state index contributed by atoms with van der Waals surface area (Å²) in [6.45, 7) is 6.62. The van der Waals surface area contributed by atoms with Crippen molar-refractivity contribution in [2.45, 2.75) is 38.5 Å². The molecule has 1 aromatic heterocycles. The molecule has 6 heteroatoms. The van der Waals surface area contributed by atoms with Gasteiger partial charge in [0.1, 0.15) is 5.75 Å². The van der Waals surface area contributed by atoms with Crippen molar-refractivity contribution in [3.8, 4) is 5.75 Å². The van der Waals surface area contributed by atoms with E-state index in [9.17, 15) is 13.9 Å². The molecule has 0 amide bonds. The van der Waals surface area contributed by atoms with Gasteiger partial charge in [0.05, 0.1) is 6.04 Å². The minimum Gasteiger partial charge on any atom is -0.508 e. The fourth-order valence-electron chi connectivity index (χ4n) is 4.38. The Balaban J connectivity index is 1.57. The van der Waals surface area contributed by atoms with E-state index < -0.39 is 11.6 Å². The molecule has 3 aromatic rings. The monoisotopic (exact) mass is 428 g/mol.